The van der Waals surface area contributed by atoms with Crippen molar-refractivity contribution < 1.29 is 9.90 Å². The van der Waals surface area contributed by atoms with E-state index in [1.54, 1.807) is 6.07 Å². The standard InChI is InChI=1S/C16H14N2O3/c19-9-3-6-12-4-1-2-5-13(12)10-18-16(21)14-11-17-8-7-15(14)20/h1-2,4-5,7-8,11,19H,9-10H2,(H,17,20)(H,18,21). The number of aromatic nitrogens is 1. The topological polar surface area (TPSA) is 82.2 Å². The normalized spacial score (nSPS) is 9.57. The van der Waals surface area contributed by atoms with E-state index in [4.69, 9.17) is 5.11 Å². The molecule has 0 aliphatic rings. The number of pyridine rings is 1. The van der Waals surface area contributed by atoms with Crippen LogP contribution in [0.4, 0.5) is 0 Å². The molecule has 0 radical (unpaired) electrons. The van der Waals surface area contributed by atoms with Gasteiger partial charge in [-0.2, -0.15) is 0 Å². The van der Waals surface area contributed by atoms with Gasteiger partial charge in [-0.25, -0.2) is 0 Å². The number of nitrogens with one attached hydrogen (secondary N) is 2. The van der Waals surface area contributed by atoms with Gasteiger partial charge in [-0.05, 0) is 11.6 Å². The van der Waals surface area contributed by atoms with Gasteiger partial charge in [0.25, 0.3) is 5.91 Å². The van der Waals surface area contributed by atoms with E-state index in [0.717, 1.165) is 11.1 Å². The Morgan fingerprint density at radius 3 is 2.86 bits per heavy atom. The third kappa shape index (κ3) is 3.81. The van der Waals surface area contributed by atoms with Crippen LogP contribution < -0.4 is 10.7 Å². The number of benzene rings is 1. The van der Waals surface area contributed by atoms with Gasteiger partial charge in [-0.15, -0.1) is 0 Å². The molecule has 3 N–H and O–H groups in total. The molecule has 2 rings (SSSR count). The molecule has 0 aliphatic carbocycles. The smallest absolute Gasteiger partial charge is 0.257 e. The summed E-state index contributed by atoms with van der Waals surface area (Å²) in [6, 6.07) is 8.60. The summed E-state index contributed by atoms with van der Waals surface area (Å²) in [5.41, 5.74) is 1.28. The summed E-state index contributed by atoms with van der Waals surface area (Å²) in [4.78, 5) is 26.2. The molecule has 2 aromatic rings. The van der Waals surface area contributed by atoms with Gasteiger partial charge in [0.05, 0.1) is 0 Å². The Morgan fingerprint density at radius 2 is 2.10 bits per heavy atom. The largest absolute Gasteiger partial charge is 0.384 e. The average molecular weight is 282 g/mol. The van der Waals surface area contributed by atoms with E-state index in [1.807, 2.05) is 18.2 Å². The van der Waals surface area contributed by atoms with Gasteiger partial charge in [0, 0.05) is 30.6 Å². The first-order valence-electron chi connectivity index (χ1n) is 6.35. The second-order valence-electron chi connectivity index (χ2n) is 4.22. The Hall–Kier alpha value is -2.84. The molecule has 0 saturated carbocycles. The predicted molar refractivity (Wildman–Crippen MR) is 78.6 cm³/mol. The van der Waals surface area contributed by atoms with Crippen molar-refractivity contribution in [3.8, 4) is 11.8 Å². The highest BCUT2D eigenvalue weighted by molar-refractivity contribution is 5.93. The first-order chi connectivity index (χ1) is 10.2. The van der Waals surface area contributed by atoms with Crippen LogP contribution in [0, 0.1) is 11.8 Å². The second-order valence-corrected chi connectivity index (χ2v) is 4.22. The lowest BCUT2D eigenvalue weighted by molar-refractivity contribution is 0.0949. The van der Waals surface area contributed by atoms with Crippen LogP contribution in [0.3, 0.4) is 0 Å². The maximum atomic E-state index is 12.0. The van der Waals surface area contributed by atoms with Gasteiger partial charge in [0.1, 0.15) is 12.2 Å². The fourth-order valence-electron chi connectivity index (χ4n) is 1.80. The number of carbonyl (C=O) groups excluding carboxylic acids is 1. The van der Waals surface area contributed by atoms with Gasteiger partial charge < -0.3 is 15.4 Å². The summed E-state index contributed by atoms with van der Waals surface area (Å²) in [6.07, 6.45) is 2.84. The number of H-pyrrole nitrogens is 1. The van der Waals surface area contributed by atoms with Crippen LogP contribution in [0.25, 0.3) is 0 Å². The van der Waals surface area contributed by atoms with Crippen LogP contribution in [-0.4, -0.2) is 22.6 Å². The van der Waals surface area contributed by atoms with Crippen LogP contribution >= 0.6 is 0 Å². The van der Waals surface area contributed by atoms with E-state index < -0.39 is 5.91 Å². The molecule has 0 bridgehead atoms. The molecule has 0 atom stereocenters. The predicted octanol–water partition coefficient (Wildman–Crippen LogP) is 0.649. The molecule has 5 nitrogen and oxygen atoms in total. The second kappa shape index (κ2) is 7.08. The number of hydrogen-bond donors (Lipinski definition) is 3. The minimum atomic E-state index is -0.443. The third-order valence-corrected chi connectivity index (χ3v) is 2.83. The van der Waals surface area contributed by atoms with E-state index in [0.29, 0.717) is 0 Å². The molecule has 0 aliphatic heterocycles. The summed E-state index contributed by atoms with van der Waals surface area (Å²) in [5.74, 6) is 4.95. The van der Waals surface area contributed by atoms with Gasteiger partial charge in [0.15, 0.2) is 5.43 Å². The molecular formula is C16H14N2O3. The SMILES string of the molecule is O=C(NCc1ccccc1C#CCO)c1c[nH]ccc1=O. The first kappa shape index (κ1) is 14.6. The zero-order valence-electron chi connectivity index (χ0n) is 11.2. The molecule has 1 heterocycles. The summed E-state index contributed by atoms with van der Waals surface area (Å²) in [6.45, 7) is 0.0313. The number of hydrogen-bond acceptors (Lipinski definition) is 3. The van der Waals surface area contributed by atoms with Crippen molar-refractivity contribution in [3.63, 3.8) is 0 Å². The van der Waals surface area contributed by atoms with E-state index in [9.17, 15) is 9.59 Å². The Kier molecular flexibility index (Phi) is 4.91. The molecular weight excluding hydrogens is 268 g/mol. The van der Waals surface area contributed by atoms with Crippen LogP contribution in [-0.2, 0) is 6.54 Å². The van der Waals surface area contributed by atoms with Crippen LogP contribution in [0.5, 0.6) is 0 Å². The fraction of sp³-hybridized carbons (Fsp3) is 0.125. The van der Waals surface area contributed by atoms with E-state index in [2.05, 4.69) is 22.1 Å². The van der Waals surface area contributed by atoms with Crippen LogP contribution in [0.15, 0.2) is 47.5 Å². The molecule has 1 amide bonds. The highest BCUT2D eigenvalue weighted by atomic mass is 16.2. The maximum Gasteiger partial charge on any atom is 0.257 e. The van der Waals surface area contributed by atoms with Gasteiger partial charge in [-0.3, -0.25) is 9.59 Å². The molecule has 5 heteroatoms. The van der Waals surface area contributed by atoms with Crippen molar-refractivity contribution in [3.05, 3.63) is 69.6 Å². The molecule has 0 saturated heterocycles. The van der Waals surface area contributed by atoms with E-state index >= 15 is 0 Å². The number of rotatable bonds is 3. The maximum absolute atomic E-state index is 12.0. The van der Waals surface area contributed by atoms with Crippen molar-refractivity contribution in [1.29, 1.82) is 0 Å². The summed E-state index contributed by atoms with van der Waals surface area (Å²) in [7, 11) is 0. The number of aromatic amines is 1. The molecule has 106 valence electrons. The molecule has 1 aromatic heterocycles. The lowest BCUT2D eigenvalue weighted by Crippen LogP contribution is -2.28. The zero-order chi connectivity index (χ0) is 15.1. The summed E-state index contributed by atoms with van der Waals surface area (Å²) in [5, 5.41) is 11.4. The zero-order valence-corrected chi connectivity index (χ0v) is 11.2. The Morgan fingerprint density at radius 1 is 1.29 bits per heavy atom. The van der Waals surface area contributed by atoms with Crippen LogP contribution in [0.1, 0.15) is 21.5 Å². The minimum Gasteiger partial charge on any atom is -0.384 e. The molecule has 0 unspecified atom stereocenters. The van der Waals surface area contributed by atoms with E-state index in [-0.39, 0.29) is 24.1 Å². The van der Waals surface area contributed by atoms with Crippen LogP contribution in [0.2, 0.25) is 0 Å². The highest BCUT2D eigenvalue weighted by Gasteiger charge is 2.09. The monoisotopic (exact) mass is 282 g/mol. The van der Waals surface area contributed by atoms with Crippen molar-refractivity contribution in [1.82, 2.24) is 10.3 Å². The lowest BCUT2D eigenvalue weighted by Gasteiger charge is -2.07. The first-order valence-corrected chi connectivity index (χ1v) is 6.35. The Bertz CT molecular complexity index is 754. The van der Waals surface area contributed by atoms with Crippen molar-refractivity contribution in [2.75, 3.05) is 6.61 Å². The number of amides is 1. The lowest BCUT2D eigenvalue weighted by atomic mass is 10.1. The highest BCUT2D eigenvalue weighted by Crippen LogP contribution is 2.07. The molecule has 1 aromatic carbocycles. The summed E-state index contributed by atoms with van der Waals surface area (Å²) >= 11 is 0. The van der Waals surface area contributed by atoms with E-state index in [1.165, 1.54) is 18.5 Å². The number of aliphatic hydroxyl groups excluding tert-OH is 1. The molecule has 0 spiro atoms. The third-order valence-electron chi connectivity index (χ3n) is 2.83. The Labute approximate surface area is 121 Å². The summed E-state index contributed by atoms with van der Waals surface area (Å²) < 4.78 is 0. The Balaban J connectivity index is 2.12. The van der Waals surface area contributed by atoms with Gasteiger partial charge in [-0.1, -0.05) is 30.0 Å². The van der Waals surface area contributed by atoms with Crippen molar-refractivity contribution >= 4 is 5.91 Å². The molecule has 0 fully saturated rings. The van der Waals surface area contributed by atoms with Gasteiger partial charge in [0.2, 0.25) is 0 Å². The quantitative estimate of drug-likeness (QED) is 0.723. The van der Waals surface area contributed by atoms with Crippen molar-refractivity contribution in [2.45, 2.75) is 6.54 Å². The minimum absolute atomic E-state index is 0.0661. The van der Waals surface area contributed by atoms with Crippen molar-refractivity contribution in [2.24, 2.45) is 0 Å². The fourth-order valence-corrected chi connectivity index (χ4v) is 1.80. The van der Waals surface area contributed by atoms with Gasteiger partial charge >= 0.3 is 0 Å². The number of carbonyl (C=O) groups is 1. The molecule has 21 heavy (non-hydrogen) atoms. The number of aliphatic hydroxyl groups is 1. The average Bonchev–Trinajstić information content (AvgIpc) is 2.52.